The Labute approximate surface area is 469 Å². The summed E-state index contributed by atoms with van der Waals surface area (Å²) in [4.78, 5) is 0. The number of rotatable bonds is 16. The first-order valence-corrected chi connectivity index (χ1v) is 29.0. The van der Waals surface area contributed by atoms with Crippen molar-refractivity contribution in [2.24, 2.45) is 40.8 Å². The third kappa shape index (κ3) is 32.0. The Morgan fingerprint density at radius 3 is 0.882 bits per heavy atom. The first-order valence-electron chi connectivity index (χ1n) is 29.0. The van der Waals surface area contributed by atoms with Crippen molar-refractivity contribution < 1.29 is 0 Å². The molecule has 0 unspecified atom stereocenters. The Balaban J connectivity index is -0.000000434. The molecule has 0 heterocycles. The summed E-state index contributed by atoms with van der Waals surface area (Å²) in [6.07, 6.45) is 8.46. The molecule has 0 aliphatic rings. The van der Waals surface area contributed by atoms with Crippen LogP contribution in [0.5, 0.6) is 0 Å². The van der Waals surface area contributed by atoms with Crippen molar-refractivity contribution in [3.05, 3.63) is 140 Å². The van der Waals surface area contributed by atoms with E-state index >= 15 is 0 Å². The lowest BCUT2D eigenvalue weighted by Crippen LogP contribution is -2.03. The van der Waals surface area contributed by atoms with Gasteiger partial charge in [0.25, 0.3) is 0 Å². The molecule has 0 radical (unpaired) electrons. The number of aryl methyl sites for hydroxylation is 7. The van der Waals surface area contributed by atoms with E-state index in [2.05, 4.69) is 169 Å². The van der Waals surface area contributed by atoms with Gasteiger partial charge in [0.1, 0.15) is 0 Å². The topological polar surface area (TPSA) is 98.9 Å². The van der Waals surface area contributed by atoms with Crippen molar-refractivity contribution in [2.45, 2.75) is 245 Å². The highest BCUT2D eigenvalue weighted by molar-refractivity contribution is 6.02. The van der Waals surface area contributed by atoms with Gasteiger partial charge in [-0.2, -0.15) is 40.8 Å². The summed E-state index contributed by atoms with van der Waals surface area (Å²) in [5, 5.41) is 33.6. The van der Waals surface area contributed by atoms with Gasteiger partial charge in [-0.05, 0) is 197 Å². The Hall–Kier alpha value is -5.76. The van der Waals surface area contributed by atoms with E-state index in [4.69, 9.17) is 0 Å². The predicted octanol–water partition coefficient (Wildman–Crippen LogP) is 20.2. The fourth-order valence-electron chi connectivity index (χ4n) is 7.05. The van der Waals surface area contributed by atoms with Gasteiger partial charge in [-0.15, -0.1) is 0 Å². The molecule has 0 aromatic heterocycles. The zero-order valence-corrected chi connectivity index (χ0v) is 54.2. The number of nitrogens with zero attached hydrogens (tertiary/aromatic N) is 8. The van der Waals surface area contributed by atoms with Gasteiger partial charge in [0.05, 0.1) is 22.8 Å². The first-order chi connectivity index (χ1) is 36.3. The maximum Gasteiger partial charge on any atom is 0.0674 e. The summed E-state index contributed by atoms with van der Waals surface area (Å²) in [5.41, 5.74) is 23.8. The number of hydrogen-bond donors (Lipinski definition) is 0. The minimum Gasteiger partial charge on any atom is -0.160 e. The van der Waals surface area contributed by atoms with E-state index in [0.717, 1.165) is 97.1 Å². The van der Waals surface area contributed by atoms with E-state index in [1.807, 2.05) is 138 Å². The summed E-state index contributed by atoms with van der Waals surface area (Å²) in [5.74, 6) is 0. The molecular formula is C68H112N8. The molecule has 8 heteroatoms. The van der Waals surface area contributed by atoms with Crippen LogP contribution in [0.2, 0.25) is 0 Å². The minimum absolute atomic E-state index is 0.978. The predicted molar refractivity (Wildman–Crippen MR) is 350 cm³/mol. The average molecular weight is 1040 g/mol. The molecule has 4 aromatic carbocycles. The lowest BCUT2D eigenvalue weighted by molar-refractivity contribution is 1.03. The van der Waals surface area contributed by atoms with Crippen LogP contribution in [0.4, 0.5) is 0 Å². The summed E-state index contributed by atoms with van der Waals surface area (Å²) in [6.45, 7) is 57.2. The van der Waals surface area contributed by atoms with E-state index in [1.54, 1.807) is 0 Å². The van der Waals surface area contributed by atoms with Crippen molar-refractivity contribution in [1.82, 2.24) is 0 Å². The lowest BCUT2D eigenvalue weighted by Gasteiger charge is -2.11. The molecule has 0 bridgehead atoms. The van der Waals surface area contributed by atoms with Gasteiger partial charge in [0.15, 0.2) is 0 Å². The molecule has 0 N–H and O–H groups in total. The van der Waals surface area contributed by atoms with Gasteiger partial charge in [-0.25, -0.2) is 0 Å². The van der Waals surface area contributed by atoms with Crippen LogP contribution in [0.25, 0.3) is 0 Å². The van der Waals surface area contributed by atoms with Gasteiger partial charge in [-0.3, -0.25) is 0 Å². The summed E-state index contributed by atoms with van der Waals surface area (Å²) >= 11 is 0. The largest absolute Gasteiger partial charge is 0.160 e. The molecule has 4 rings (SSSR count). The zero-order valence-electron chi connectivity index (χ0n) is 54.2. The van der Waals surface area contributed by atoms with Crippen molar-refractivity contribution >= 4 is 45.7 Å². The number of benzene rings is 4. The zero-order chi connectivity index (χ0) is 59.3. The first kappa shape index (κ1) is 76.7. The molecule has 0 aliphatic carbocycles. The molecule has 76 heavy (non-hydrogen) atoms. The minimum atomic E-state index is 0.978. The van der Waals surface area contributed by atoms with Gasteiger partial charge in [0.2, 0.25) is 0 Å². The van der Waals surface area contributed by atoms with Crippen molar-refractivity contribution in [3.63, 3.8) is 0 Å². The third-order valence-electron chi connectivity index (χ3n) is 11.0. The second-order valence-corrected chi connectivity index (χ2v) is 17.7. The van der Waals surface area contributed by atoms with Crippen molar-refractivity contribution in [1.29, 1.82) is 0 Å². The maximum atomic E-state index is 4.28. The van der Waals surface area contributed by atoms with E-state index in [1.165, 1.54) is 66.8 Å². The van der Waals surface area contributed by atoms with E-state index < -0.39 is 0 Å². The van der Waals surface area contributed by atoms with Gasteiger partial charge in [-0.1, -0.05) is 171 Å². The fraction of sp³-hybridized carbons (Fsp3) is 0.529. The molecule has 0 saturated carbocycles. The standard InChI is InChI=1S/4C15H22N2.4C2H6/c1-6-13-8-14(7-2)10-15(9-13)12(5)17-16-11(3)4;2*1-6-13-8-9-15(14(7-2)10-13)12(5)17-16-11(3)4;1-6-13-9-8-10-15(14(13)7-2)12(5)17-16-11(3)4;4*1-2/h4*8-10H,6-7H2,1-5H3;4*1-2H3/b4*17-12+;;;;. The third-order valence-corrected chi connectivity index (χ3v) is 11.0. The van der Waals surface area contributed by atoms with Gasteiger partial charge < -0.3 is 0 Å². The Morgan fingerprint density at radius 1 is 0.276 bits per heavy atom. The second-order valence-electron chi connectivity index (χ2n) is 17.7. The smallest absolute Gasteiger partial charge is 0.0674 e. The van der Waals surface area contributed by atoms with Crippen LogP contribution < -0.4 is 0 Å². The molecule has 0 atom stereocenters. The van der Waals surface area contributed by atoms with E-state index in [0.29, 0.717) is 0 Å². The lowest BCUT2D eigenvalue weighted by atomic mass is 9.95. The Kier molecular flexibility index (Phi) is 48.1. The van der Waals surface area contributed by atoms with Crippen LogP contribution in [-0.2, 0) is 51.4 Å². The average Bonchev–Trinajstić information content (AvgIpc) is 3.46. The molecule has 0 amide bonds. The Bertz CT molecular complexity index is 2330. The molecule has 424 valence electrons. The summed E-state index contributed by atoms with van der Waals surface area (Å²) in [7, 11) is 0. The van der Waals surface area contributed by atoms with Gasteiger partial charge in [0, 0.05) is 39.5 Å². The van der Waals surface area contributed by atoms with Crippen LogP contribution >= 0.6 is 0 Å². The highest BCUT2D eigenvalue weighted by Gasteiger charge is 2.09. The van der Waals surface area contributed by atoms with E-state index in [9.17, 15) is 0 Å². The summed E-state index contributed by atoms with van der Waals surface area (Å²) in [6, 6.07) is 26.4. The highest BCUT2D eigenvalue weighted by Crippen LogP contribution is 2.19. The quantitative estimate of drug-likeness (QED) is 0.0789. The van der Waals surface area contributed by atoms with Crippen LogP contribution in [0.15, 0.2) is 114 Å². The summed E-state index contributed by atoms with van der Waals surface area (Å²) < 4.78 is 0. The molecule has 0 spiro atoms. The number of hydrogen-bond acceptors (Lipinski definition) is 8. The fourth-order valence-corrected chi connectivity index (χ4v) is 7.05. The Morgan fingerprint density at radius 2 is 0.592 bits per heavy atom. The molecule has 4 aromatic rings. The van der Waals surface area contributed by atoms with Crippen LogP contribution in [0.1, 0.15) is 261 Å². The molecule has 0 aliphatic heterocycles. The maximum absolute atomic E-state index is 4.28. The SMILES string of the molecule is CC.CC.CC.CC.CCc1cc(CC)cc(/C(C)=N/N=C(C)C)c1.CCc1ccc(/C(C)=N/N=C(C)C)c(CC)c1.CCc1ccc(/C(C)=N/N=C(C)C)c(CC)c1.CCc1cccc(/C(C)=N/N=C(C)C)c1CC. The van der Waals surface area contributed by atoms with Crippen molar-refractivity contribution in [2.75, 3.05) is 0 Å². The van der Waals surface area contributed by atoms with Crippen LogP contribution in [0.3, 0.4) is 0 Å². The van der Waals surface area contributed by atoms with Crippen molar-refractivity contribution in [3.8, 4) is 0 Å². The second kappa shape index (κ2) is 47.7. The molecular weight excluding hydrogens is 929 g/mol. The van der Waals surface area contributed by atoms with E-state index in [-0.39, 0.29) is 0 Å². The molecule has 0 fully saturated rings. The van der Waals surface area contributed by atoms with Gasteiger partial charge >= 0.3 is 0 Å². The highest BCUT2D eigenvalue weighted by atomic mass is 15.2. The van der Waals surface area contributed by atoms with Crippen LogP contribution in [0, 0.1) is 0 Å². The monoisotopic (exact) mass is 1040 g/mol. The molecule has 8 nitrogen and oxygen atoms in total. The molecule has 0 saturated heterocycles. The normalized spacial score (nSPS) is 10.6. The van der Waals surface area contributed by atoms with Crippen LogP contribution in [-0.4, -0.2) is 45.7 Å².